The van der Waals surface area contributed by atoms with Gasteiger partial charge in [-0.15, -0.1) is 0 Å². The van der Waals surface area contributed by atoms with Gasteiger partial charge in [0.25, 0.3) is 0 Å². The second-order valence-corrected chi connectivity index (χ2v) is 6.61. The first-order chi connectivity index (χ1) is 6.93. The van der Waals surface area contributed by atoms with Crippen molar-refractivity contribution in [1.29, 1.82) is 0 Å². The molecule has 1 fully saturated rings. The number of rotatable bonds is 3. The van der Waals surface area contributed by atoms with Crippen LogP contribution in [0.25, 0.3) is 0 Å². The Kier molecular flexibility index (Phi) is 4.64. The number of hydrogen-bond donors (Lipinski definition) is 1. The van der Waals surface area contributed by atoms with Crippen molar-refractivity contribution in [3.63, 3.8) is 0 Å². The molecule has 90 valence electrons. The van der Waals surface area contributed by atoms with E-state index in [9.17, 15) is 0 Å². The summed E-state index contributed by atoms with van der Waals surface area (Å²) in [6, 6.07) is 0. The van der Waals surface area contributed by atoms with Crippen LogP contribution in [-0.2, 0) is 0 Å². The molecular formula is C14H28O. The fourth-order valence-electron chi connectivity index (χ4n) is 2.91. The van der Waals surface area contributed by atoms with E-state index in [0.717, 1.165) is 11.8 Å². The largest absolute Gasteiger partial charge is 0.396 e. The first-order valence-electron chi connectivity index (χ1n) is 6.54. The molecule has 0 aromatic rings. The van der Waals surface area contributed by atoms with Crippen LogP contribution in [-0.4, -0.2) is 11.7 Å². The first-order valence-corrected chi connectivity index (χ1v) is 6.54. The summed E-state index contributed by atoms with van der Waals surface area (Å²) in [4.78, 5) is 0. The standard InChI is InChI=1S/C14H28O/c1-11(10-15)9-12-5-7-13(8-6-12)14(2,3)4/h11-13,15H,5-10H2,1-4H3. The van der Waals surface area contributed by atoms with E-state index in [1.165, 1.54) is 32.1 Å². The summed E-state index contributed by atoms with van der Waals surface area (Å²) in [6.45, 7) is 9.63. The predicted molar refractivity (Wildman–Crippen MR) is 65.8 cm³/mol. The van der Waals surface area contributed by atoms with Gasteiger partial charge in [-0.3, -0.25) is 0 Å². The molecule has 1 N–H and O–H groups in total. The van der Waals surface area contributed by atoms with Gasteiger partial charge in [0.2, 0.25) is 0 Å². The summed E-state index contributed by atoms with van der Waals surface area (Å²) in [7, 11) is 0. The molecule has 0 saturated heterocycles. The highest BCUT2D eigenvalue weighted by atomic mass is 16.3. The van der Waals surface area contributed by atoms with E-state index in [0.29, 0.717) is 17.9 Å². The van der Waals surface area contributed by atoms with E-state index in [-0.39, 0.29) is 0 Å². The molecule has 1 nitrogen and oxygen atoms in total. The molecule has 0 spiro atoms. The Bertz CT molecular complexity index is 172. The van der Waals surface area contributed by atoms with Crippen molar-refractivity contribution in [3.05, 3.63) is 0 Å². The van der Waals surface area contributed by atoms with Crippen molar-refractivity contribution in [2.75, 3.05) is 6.61 Å². The maximum atomic E-state index is 9.05. The molecule has 0 aliphatic heterocycles. The molecule has 1 saturated carbocycles. The summed E-state index contributed by atoms with van der Waals surface area (Å²) in [5, 5.41) is 9.05. The topological polar surface area (TPSA) is 20.2 Å². The van der Waals surface area contributed by atoms with Crippen LogP contribution in [0.3, 0.4) is 0 Å². The first kappa shape index (κ1) is 13.0. The summed E-state index contributed by atoms with van der Waals surface area (Å²) in [6.07, 6.45) is 6.78. The molecule has 1 heteroatoms. The van der Waals surface area contributed by atoms with Crippen LogP contribution < -0.4 is 0 Å². The predicted octanol–water partition coefficient (Wildman–Crippen LogP) is 3.86. The van der Waals surface area contributed by atoms with E-state index >= 15 is 0 Å². The molecule has 1 rings (SSSR count). The lowest BCUT2D eigenvalue weighted by Gasteiger charge is -2.37. The summed E-state index contributed by atoms with van der Waals surface area (Å²) in [5.41, 5.74) is 0.494. The number of aliphatic hydroxyl groups is 1. The van der Waals surface area contributed by atoms with Crippen molar-refractivity contribution in [2.24, 2.45) is 23.2 Å². The van der Waals surface area contributed by atoms with Crippen LogP contribution in [0.4, 0.5) is 0 Å². The highest BCUT2D eigenvalue weighted by molar-refractivity contribution is 4.81. The van der Waals surface area contributed by atoms with E-state index in [1.807, 2.05) is 0 Å². The van der Waals surface area contributed by atoms with Gasteiger partial charge in [-0.2, -0.15) is 0 Å². The van der Waals surface area contributed by atoms with Crippen LogP contribution in [0.15, 0.2) is 0 Å². The minimum absolute atomic E-state index is 0.360. The fourth-order valence-corrected chi connectivity index (χ4v) is 2.91. The summed E-state index contributed by atoms with van der Waals surface area (Å²) in [5.74, 6) is 2.30. The Hall–Kier alpha value is -0.0400. The van der Waals surface area contributed by atoms with Gasteiger partial charge in [-0.05, 0) is 42.4 Å². The highest BCUT2D eigenvalue weighted by Gasteiger charge is 2.29. The highest BCUT2D eigenvalue weighted by Crippen LogP contribution is 2.41. The minimum atomic E-state index is 0.360. The monoisotopic (exact) mass is 212 g/mol. The van der Waals surface area contributed by atoms with E-state index in [1.54, 1.807) is 0 Å². The Morgan fingerprint density at radius 1 is 1.13 bits per heavy atom. The molecule has 1 aliphatic carbocycles. The molecule has 0 heterocycles. The maximum absolute atomic E-state index is 9.05. The van der Waals surface area contributed by atoms with E-state index < -0.39 is 0 Å². The van der Waals surface area contributed by atoms with Crippen molar-refractivity contribution >= 4 is 0 Å². The van der Waals surface area contributed by atoms with Gasteiger partial charge in [-0.25, -0.2) is 0 Å². The van der Waals surface area contributed by atoms with Gasteiger partial charge >= 0.3 is 0 Å². The lowest BCUT2D eigenvalue weighted by Crippen LogP contribution is -2.26. The third kappa shape index (κ3) is 4.14. The lowest BCUT2D eigenvalue weighted by atomic mass is 9.69. The Labute approximate surface area is 95.3 Å². The van der Waals surface area contributed by atoms with Gasteiger partial charge in [-0.1, -0.05) is 40.5 Å². The smallest absolute Gasteiger partial charge is 0.0456 e. The molecule has 0 amide bonds. The zero-order chi connectivity index (χ0) is 11.5. The fraction of sp³-hybridized carbons (Fsp3) is 1.00. The zero-order valence-electron chi connectivity index (χ0n) is 10.9. The molecule has 1 aliphatic rings. The number of hydrogen-bond acceptors (Lipinski definition) is 1. The SMILES string of the molecule is CC(CO)CC1CCC(C(C)(C)C)CC1. The zero-order valence-corrected chi connectivity index (χ0v) is 10.9. The molecule has 15 heavy (non-hydrogen) atoms. The average Bonchev–Trinajstić information content (AvgIpc) is 2.17. The van der Waals surface area contributed by atoms with Gasteiger partial charge in [0.1, 0.15) is 0 Å². The molecule has 0 aromatic heterocycles. The van der Waals surface area contributed by atoms with Crippen LogP contribution in [0.2, 0.25) is 0 Å². The molecule has 1 unspecified atom stereocenters. The maximum Gasteiger partial charge on any atom is 0.0456 e. The second kappa shape index (κ2) is 5.34. The summed E-state index contributed by atoms with van der Waals surface area (Å²) >= 11 is 0. The number of aliphatic hydroxyl groups excluding tert-OH is 1. The van der Waals surface area contributed by atoms with Crippen molar-refractivity contribution < 1.29 is 5.11 Å². The Morgan fingerprint density at radius 3 is 2.07 bits per heavy atom. The van der Waals surface area contributed by atoms with Gasteiger partial charge < -0.3 is 5.11 Å². The Morgan fingerprint density at radius 2 is 1.67 bits per heavy atom. The van der Waals surface area contributed by atoms with Crippen LogP contribution in [0.1, 0.15) is 59.8 Å². The molecule has 0 aromatic carbocycles. The lowest BCUT2D eigenvalue weighted by molar-refractivity contribution is 0.129. The molecular weight excluding hydrogens is 184 g/mol. The van der Waals surface area contributed by atoms with Crippen molar-refractivity contribution in [1.82, 2.24) is 0 Å². The Balaban J connectivity index is 2.30. The van der Waals surface area contributed by atoms with Crippen molar-refractivity contribution in [2.45, 2.75) is 59.8 Å². The average molecular weight is 212 g/mol. The normalized spacial score (nSPS) is 30.2. The summed E-state index contributed by atoms with van der Waals surface area (Å²) < 4.78 is 0. The van der Waals surface area contributed by atoms with Gasteiger partial charge in [0.05, 0.1) is 0 Å². The molecule has 0 bridgehead atoms. The van der Waals surface area contributed by atoms with E-state index in [2.05, 4.69) is 27.7 Å². The molecule has 0 radical (unpaired) electrons. The second-order valence-electron chi connectivity index (χ2n) is 6.61. The third-order valence-corrected chi connectivity index (χ3v) is 4.12. The van der Waals surface area contributed by atoms with E-state index in [4.69, 9.17) is 5.11 Å². The van der Waals surface area contributed by atoms with Crippen LogP contribution in [0, 0.1) is 23.2 Å². The minimum Gasteiger partial charge on any atom is -0.396 e. The molecule has 1 atom stereocenters. The third-order valence-electron chi connectivity index (χ3n) is 4.12. The van der Waals surface area contributed by atoms with Crippen molar-refractivity contribution in [3.8, 4) is 0 Å². The van der Waals surface area contributed by atoms with Gasteiger partial charge in [0, 0.05) is 6.61 Å². The van der Waals surface area contributed by atoms with Crippen LogP contribution in [0.5, 0.6) is 0 Å². The van der Waals surface area contributed by atoms with Crippen LogP contribution >= 0.6 is 0 Å². The quantitative estimate of drug-likeness (QED) is 0.753. The van der Waals surface area contributed by atoms with Gasteiger partial charge in [0.15, 0.2) is 0 Å².